The average molecular weight is 341 g/mol. The number of nitro benzene ring substituents is 1. The molecule has 0 aliphatic rings. The molecular formula is C13H15N3O4S2. The molecule has 0 bridgehead atoms. The minimum atomic E-state index is -3.98. The minimum absolute atomic E-state index is 0.268. The number of nitro groups is 1. The van der Waals surface area contributed by atoms with E-state index < -0.39 is 14.9 Å². The molecule has 1 aromatic carbocycles. The maximum absolute atomic E-state index is 11.4. The Balaban J connectivity index is 2.46. The normalized spacial score (nSPS) is 11.4. The summed E-state index contributed by atoms with van der Waals surface area (Å²) in [6.07, 6.45) is 0. The number of primary sulfonamides is 1. The van der Waals surface area contributed by atoms with Crippen LogP contribution in [0.15, 0.2) is 40.6 Å². The minimum Gasteiger partial charge on any atom is -0.361 e. The van der Waals surface area contributed by atoms with Crippen LogP contribution >= 0.6 is 11.3 Å². The Morgan fingerprint density at radius 3 is 2.59 bits per heavy atom. The van der Waals surface area contributed by atoms with Gasteiger partial charge in [0.05, 0.1) is 16.4 Å². The van der Waals surface area contributed by atoms with Crippen LogP contribution in [0.2, 0.25) is 0 Å². The fourth-order valence-electron chi connectivity index (χ4n) is 2.05. The van der Waals surface area contributed by atoms with Crippen LogP contribution in [0.5, 0.6) is 0 Å². The average Bonchev–Trinajstić information content (AvgIpc) is 2.96. The summed E-state index contributed by atoms with van der Waals surface area (Å²) < 4.78 is 22.7. The molecule has 2 rings (SSSR count). The molecule has 118 valence electrons. The van der Waals surface area contributed by atoms with Gasteiger partial charge in [-0.3, -0.25) is 10.1 Å². The van der Waals surface area contributed by atoms with Crippen LogP contribution in [0.4, 0.5) is 11.4 Å². The lowest BCUT2D eigenvalue weighted by atomic mass is 10.2. The molecule has 2 aromatic rings. The molecular weight excluding hydrogens is 326 g/mol. The van der Waals surface area contributed by atoms with Crippen LogP contribution in [0.3, 0.4) is 0 Å². The highest BCUT2D eigenvalue weighted by atomic mass is 32.2. The topological polar surface area (TPSA) is 107 Å². The SMILES string of the molecule is CCN(Cc1cccs1)c1ccc(S(N)(=O)=O)cc1[N+](=O)[O-]. The highest BCUT2D eigenvalue weighted by molar-refractivity contribution is 7.89. The fourth-order valence-corrected chi connectivity index (χ4v) is 3.30. The highest BCUT2D eigenvalue weighted by Gasteiger charge is 2.22. The lowest BCUT2D eigenvalue weighted by Gasteiger charge is -2.22. The fraction of sp³-hybridized carbons (Fsp3) is 0.231. The van der Waals surface area contributed by atoms with Gasteiger partial charge in [-0.2, -0.15) is 0 Å². The van der Waals surface area contributed by atoms with E-state index in [4.69, 9.17) is 5.14 Å². The van der Waals surface area contributed by atoms with Gasteiger partial charge in [0.1, 0.15) is 5.69 Å². The molecule has 0 aliphatic heterocycles. The molecule has 2 N–H and O–H groups in total. The third-order valence-electron chi connectivity index (χ3n) is 3.12. The van der Waals surface area contributed by atoms with Gasteiger partial charge in [-0.15, -0.1) is 11.3 Å². The van der Waals surface area contributed by atoms with Gasteiger partial charge >= 0.3 is 0 Å². The third kappa shape index (κ3) is 3.62. The molecule has 0 spiro atoms. The molecule has 0 amide bonds. The van der Waals surface area contributed by atoms with Crippen LogP contribution < -0.4 is 10.0 Å². The van der Waals surface area contributed by atoms with E-state index in [1.54, 1.807) is 11.3 Å². The zero-order valence-corrected chi connectivity index (χ0v) is 13.4. The van der Waals surface area contributed by atoms with Crippen molar-refractivity contribution < 1.29 is 13.3 Å². The number of nitrogens with zero attached hydrogens (tertiary/aromatic N) is 2. The van der Waals surface area contributed by atoms with Gasteiger partial charge in [0.25, 0.3) is 5.69 Å². The summed E-state index contributed by atoms with van der Waals surface area (Å²) in [5.74, 6) is 0. The first-order valence-electron chi connectivity index (χ1n) is 6.41. The Morgan fingerprint density at radius 1 is 1.36 bits per heavy atom. The Labute approximate surface area is 132 Å². The first-order chi connectivity index (χ1) is 10.3. The summed E-state index contributed by atoms with van der Waals surface area (Å²) in [5.41, 5.74) is 0.0956. The summed E-state index contributed by atoms with van der Waals surface area (Å²) >= 11 is 1.56. The maximum Gasteiger partial charge on any atom is 0.293 e. The van der Waals surface area contributed by atoms with E-state index in [1.807, 2.05) is 29.3 Å². The van der Waals surface area contributed by atoms with Crippen molar-refractivity contribution in [3.63, 3.8) is 0 Å². The predicted octanol–water partition coefficient (Wildman–Crippen LogP) is 2.33. The Morgan fingerprint density at radius 2 is 2.09 bits per heavy atom. The number of thiophene rings is 1. The summed E-state index contributed by atoms with van der Waals surface area (Å²) in [6, 6.07) is 7.57. The molecule has 0 saturated heterocycles. The lowest BCUT2D eigenvalue weighted by molar-refractivity contribution is -0.384. The predicted molar refractivity (Wildman–Crippen MR) is 85.5 cm³/mol. The Hall–Kier alpha value is -1.97. The first-order valence-corrected chi connectivity index (χ1v) is 8.84. The standard InChI is InChI=1S/C13H15N3O4S2/c1-2-15(9-10-4-3-7-21-10)12-6-5-11(22(14,19)20)8-13(12)16(17)18/h3-8H,2,9H2,1H3,(H2,14,19,20). The highest BCUT2D eigenvalue weighted by Crippen LogP contribution is 2.31. The quantitative estimate of drug-likeness (QED) is 0.641. The van der Waals surface area contributed by atoms with Crippen LogP contribution in [0, 0.1) is 10.1 Å². The molecule has 22 heavy (non-hydrogen) atoms. The van der Waals surface area contributed by atoms with Crippen molar-refractivity contribution in [2.75, 3.05) is 11.4 Å². The van der Waals surface area contributed by atoms with Crippen LogP contribution in [0.1, 0.15) is 11.8 Å². The van der Waals surface area contributed by atoms with Crippen molar-refractivity contribution in [1.29, 1.82) is 0 Å². The van der Waals surface area contributed by atoms with Crippen molar-refractivity contribution in [2.24, 2.45) is 5.14 Å². The summed E-state index contributed by atoms with van der Waals surface area (Å²) in [6.45, 7) is 2.95. The van der Waals surface area contributed by atoms with Gasteiger partial charge in [0.2, 0.25) is 10.0 Å². The van der Waals surface area contributed by atoms with Crippen molar-refractivity contribution in [3.8, 4) is 0 Å². The number of rotatable bonds is 6. The molecule has 0 aliphatic carbocycles. The van der Waals surface area contributed by atoms with Gasteiger partial charge in [0.15, 0.2) is 0 Å². The van der Waals surface area contributed by atoms with E-state index in [1.165, 1.54) is 12.1 Å². The van der Waals surface area contributed by atoms with Gasteiger partial charge in [-0.1, -0.05) is 6.07 Å². The monoisotopic (exact) mass is 341 g/mol. The molecule has 1 aromatic heterocycles. The Bertz CT molecular complexity index is 773. The van der Waals surface area contributed by atoms with E-state index in [-0.39, 0.29) is 10.6 Å². The number of nitrogens with two attached hydrogens (primary N) is 1. The van der Waals surface area contributed by atoms with E-state index >= 15 is 0 Å². The first kappa shape index (κ1) is 16.4. The lowest BCUT2D eigenvalue weighted by Crippen LogP contribution is -2.23. The largest absolute Gasteiger partial charge is 0.361 e. The van der Waals surface area contributed by atoms with E-state index in [0.29, 0.717) is 18.8 Å². The van der Waals surface area contributed by atoms with E-state index in [0.717, 1.165) is 10.9 Å². The zero-order chi connectivity index (χ0) is 16.3. The third-order valence-corrected chi connectivity index (χ3v) is 4.89. The molecule has 0 saturated carbocycles. The molecule has 0 radical (unpaired) electrons. The molecule has 0 fully saturated rings. The zero-order valence-electron chi connectivity index (χ0n) is 11.8. The number of benzene rings is 1. The second kappa shape index (κ2) is 6.42. The van der Waals surface area contributed by atoms with E-state index in [9.17, 15) is 18.5 Å². The molecule has 7 nitrogen and oxygen atoms in total. The van der Waals surface area contributed by atoms with Crippen molar-refractivity contribution in [3.05, 3.63) is 50.7 Å². The van der Waals surface area contributed by atoms with Crippen LogP contribution in [-0.4, -0.2) is 19.9 Å². The van der Waals surface area contributed by atoms with Crippen molar-refractivity contribution >= 4 is 32.7 Å². The van der Waals surface area contributed by atoms with Gasteiger partial charge in [-0.05, 0) is 30.5 Å². The van der Waals surface area contributed by atoms with Crippen molar-refractivity contribution in [1.82, 2.24) is 0 Å². The van der Waals surface area contributed by atoms with Gasteiger partial charge in [0, 0.05) is 17.5 Å². The second-order valence-corrected chi connectivity index (χ2v) is 7.14. The number of anilines is 1. The van der Waals surface area contributed by atoms with Crippen LogP contribution in [0.25, 0.3) is 0 Å². The van der Waals surface area contributed by atoms with E-state index in [2.05, 4.69) is 0 Å². The molecule has 0 atom stereocenters. The number of sulfonamides is 1. The summed E-state index contributed by atoms with van der Waals surface area (Å²) in [7, 11) is -3.98. The molecule has 1 heterocycles. The maximum atomic E-state index is 11.4. The molecule has 9 heteroatoms. The number of hydrogen-bond acceptors (Lipinski definition) is 6. The summed E-state index contributed by atoms with van der Waals surface area (Å²) in [5, 5.41) is 18.2. The van der Waals surface area contributed by atoms with Crippen molar-refractivity contribution in [2.45, 2.75) is 18.4 Å². The smallest absolute Gasteiger partial charge is 0.293 e. The number of hydrogen-bond donors (Lipinski definition) is 1. The second-order valence-electron chi connectivity index (χ2n) is 4.55. The van der Waals surface area contributed by atoms with Gasteiger partial charge in [-0.25, -0.2) is 13.6 Å². The van der Waals surface area contributed by atoms with Crippen LogP contribution in [-0.2, 0) is 16.6 Å². The molecule has 0 unspecified atom stereocenters. The Kier molecular flexibility index (Phi) is 4.79. The summed E-state index contributed by atoms with van der Waals surface area (Å²) in [4.78, 5) is 13.3. The van der Waals surface area contributed by atoms with Gasteiger partial charge < -0.3 is 4.90 Å².